The molecule has 0 heterocycles. The van der Waals surface area contributed by atoms with Gasteiger partial charge in [-0.05, 0) is 47.0 Å². The first kappa shape index (κ1) is 11.2. The minimum atomic E-state index is -0.239. The average Bonchev–Trinajstić information content (AvgIpc) is 2.11. The second kappa shape index (κ2) is 4.56. The first-order chi connectivity index (χ1) is 6.52. The summed E-state index contributed by atoms with van der Waals surface area (Å²) in [5, 5.41) is 0. The molecule has 0 unspecified atom stereocenters. The molecule has 0 atom stereocenters. The van der Waals surface area contributed by atoms with Gasteiger partial charge in [0.1, 0.15) is 5.82 Å². The number of benzene rings is 1. The number of hydrogen-bond acceptors (Lipinski definition) is 0. The van der Waals surface area contributed by atoms with Gasteiger partial charge in [-0.25, -0.2) is 4.39 Å². The Kier molecular flexibility index (Phi) is 3.64. The third-order valence-corrected chi connectivity index (χ3v) is 2.69. The lowest BCUT2D eigenvalue weighted by atomic mass is 10.1. The van der Waals surface area contributed by atoms with E-state index in [4.69, 9.17) is 0 Å². The molecule has 0 aromatic heterocycles. The van der Waals surface area contributed by atoms with E-state index in [1.54, 1.807) is 6.07 Å². The molecule has 0 aliphatic rings. The summed E-state index contributed by atoms with van der Waals surface area (Å²) < 4.78 is 13.7. The van der Waals surface area contributed by atoms with Crippen molar-refractivity contribution in [1.29, 1.82) is 0 Å². The fourth-order valence-electron chi connectivity index (χ4n) is 1.09. The molecule has 14 heavy (non-hydrogen) atoms. The van der Waals surface area contributed by atoms with Crippen molar-refractivity contribution in [3.63, 3.8) is 0 Å². The van der Waals surface area contributed by atoms with Crippen LogP contribution in [0.15, 0.2) is 34.8 Å². The lowest BCUT2D eigenvalue weighted by molar-refractivity contribution is 0.620. The molecule has 0 saturated heterocycles. The molecular weight excluding hydrogens is 243 g/mol. The van der Waals surface area contributed by atoms with Gasteiger partial charge in [-0.1, -0.05) is 30.4 Å². The Labute approximate surface area is 92.3 Å². The second-order valence-electron chi connectivity index (χ2n) is 3.27. The molecule has 1 aromatic carbocycles. The molecule has 0 radical (unpaired) electrons. The standard InChI is InChI=1S/C12H12BrF/c1-8(2)4-6-10-9(3)5-7-11(14)12(10)13/h4-7H,1H2,2-3H3/b6-4-. The van der Waals surface area contributed by atoms with Gasteiger partial charge in [-0.3, -0.25) is 0 Å². The van der Waals surface area contributed by atoms with Gasteiger partial charge in [0.15, 0.2) is 0 Å². The highest BCUT2D eigenvalue weighted by Crippen LogP contribution is 2.25. The van der Waals surface area contributed by atoms with Crippen LogP contribution >= 0.6 is 15.9 Å². The van der Waals surface area contributed by atoms with Gasteiger partial charge in [-0.2, -0.15) is 0 Å². The molecule has 0 nitrogen and oxygen atoms in total. The van der Waals surface area contributed by atoms with Crippen molar-refractivity contribution >= 4 is 22.0 Å². The van der Waals surface area contributed by atoms with Crippen molar-refractivity contribution < 1.29 is 4.39 Å². The Morgan fingerprint density at radius 2 is 2.14 bits per heavy atom. The normalized spacial score (nSPS) is 10.9. The fourth-order valence-corrected chi connectivity index (χ4v) is 1.67. The molecule has 0 spiro atoms. The van der Waals surface area contributed by atoms with Crippen LogP contribution in [0.2, 0.25) is 0 Å². The van der Waals surface area contributed by atoms with Crippen molar-refractivity contribution in [3.8, 4) is 0 Å². The molecule has 0 fully saturated rings. The second-order valence-corrected chi connectivity index (χ2v) is 4.06. The topological polar surface area (TPSA) is 0 Å². The Hall–Kier alpha value is -0.890. The number of hydrogen-bond donors (Lipinski definition) is 0. The van der Waals surface area contributed by atoms with Gasteiger partial charge in [0, 0.05) is 0 Å². The highest BCUT2D eigenvalue weighted by atomic mass is 79.9. The molecule has 74 valence electrons. The molecule has 0 bridgehead atoms. The van der Waals surface area contributed by atoms with Crippen LogP contribution in [-0.4, -0.2) is 0 Å². The molecule has 0 aliphatic carbocycles. The third kappa shape index (κ3) is 2.55. The number of halogens is 2. The van der Waals surface area contributed by atoms with E-state index in [-0.39, 0.29) is 5.82 Å². The first-order valence-corrected chi connectivity index (χ1v) is 5.10. The summed E-state index contributed by atoms with van der Waals surface area (Å²) in [6, 6.07) is 3.22. The quantitative estimate of drug-likeness (QED) is 0.683. The molecule has 0 aliphatic heterocycles. The van der Waals surface area contributed by atoms with E-state index >= 15 is 0 Å². The van der Waals surface area contributed by atoms with E-state index in [2.05, 4.69) is 22.5 Å². The van der Waals surface area contributed by atoms with Crippen LogP contribution in [0.1, 0.15) is 18.1 Å². The monoisotopic (exact) mass is 254 g/mol. The maximum Gasteiger partial charge on any atom is 0.138 e. The highest BCUT2D eigenvalue weighted by Gasteiger charge is 2.05. The number of allylic oxidation sites excluding steroid dienone is 2. The van der Waals surface area contributed by atoms with Crippen LogP contribution in [0.3, 0.4) is 0 Å². The van der Waals surface area contributed by atoms with E-state index in [1.165, 1.54) is 6.07 Å². The molecule has 0 saturated carbocycles. The fraction of sp³-hybridized carbons (Fsp3) is 0.167. The molecule has 2 heteroatoms. The summed E-state index contributed by atoms with van der Waals surface area (Å²) in [4.78, 5) is 0. The average molecular weight is 255 g/mol. The first-order valence-electron chi connectivity index (χ1n) is 4.30. The Morgan fingerprint density at radius 3 is 2.71 bits per heavy atom. The van der Waals surface area contributed by atoms with Gasteiger partial charge >= 0.3 is 0 Å². The van der Waals surface area contributed by atoms with Crippen LogP contribution in [0.5, 0.6) is 0 Å². The van der Waals surface area contributed by atoms with Crippen LogP contribution in [0.25, 0.3) is 6.08 Å². The molecule has 0 N–H and O–H groups in total. The Balaban J connectivity index is 3.19. The molecular formula is C12H12BrF. The van der Waals surface area contributed by atoms with Crippen LogP contribution < -0.4 is 0 Å². The molecule has 0 amide bonds. The number of rotatable bonds is 2. The van der Waals surface area contributed by atoms with Gasteiger partial charge in [0.2, 0.25) is 0 Å². The van der Waals surface area contributed by atoms with E-state index in [1.807, 2.05) is 26.0 Å². The molecule has 1 rings (SSSR count). The van der Waals surface area contributed by atoms with Crippen molar-refractivity contribution in [2.45, 2.75) is 13.8 Å². The summed E-state index contributed by atoms with van der Waals surface area (Å²) in [5.74, 6) is -0.239. The van der Waals surface area contributed by atoms with Gasteiger partial charge in [0.25, 0.3) is 0 Å². The SMILES string of the molecule is C=C(C)/C=C\c1c(C)ccc(F)c1Br. The summed E-state index contributed by atoms with van der Waals surface area (Å²) in [6.07, 6.45) is 3.73. The zero-order chi connectivity index (χ0) is 10.7. The zero-order valence-electron chi connectivity index (χ0n) is 8.27. The Bertz CT molecular complexity index is 392. The van der Waals surface area contributed by atoms with Crippen molar-refractivity contribution in [2.24, 2.45) is 0 Å². The molecule has 1 aromatic rings. The largest absolute Gasteiger partial charge is 0.206 e. The van der Waals surface area contributed by atoms with Crippen molar-refractivity contribution in [1.82, 2.24) is 0 Å². The predicted octanol–water partition coefficient (Wildman–Crippen LogP) is 4.49. The third-order valence-electron chi connectivity index (χ3n) is 1.89. The summed E-state index contributed by atoms with van der Waals surface area (Å²) >= 11 is 3.23. The lowest BCUT2D eigenvalue weighted by Gasteiger charge is -2.04. The van der Waals surface area contributed by atoms with E-state index in [0.29, 0.717) is 4.47 Å². The number of aryl methyl sites for hydroxylation is 1. The van der Waals surface area contributed by atoms with E-state index in [9.17, 15) is 4.39 Å². The predicted molar refractivity (Wildman–Crippen MR) is 62.7 cm³/mol. The lowest BCUT2D eigenvalue weighted by Crippen LogP contribution is -1.86. The summed E-state index contributed by atoms with van der Waals surface area (Å²) in [5.41, 5.74) is 2.85. The van der Waals surface area contributed by atoms with Gasteiger partial charge in [0.05, 0.1) is 4.47 Å². The van der Waals surface area contributed by atoms with Crippen molar-refractivity contribution in [2.75, 3.05) is 0 Å². The van der Waals surface area contributed by atoms with Gasteiger partial charge < -0.3 is 0 Å². The van der Waals surface area contributed by atoms with Crippen LogP contribution in [0.4, 0.5) is 4.39 Å². The minimum Gasteiger partial charge on any atom is -0.206 e. The Morgan fingerprint density at radius 1 is 1.50 bits per heavy atom. The maximum atomic E-state index is 13.2. The summed E-state index contributed by atoms with van der Waals surface area (Å²) in [7, 11) is 0. The van der Waals surface area contributed by atoms with E-state index < -0.39 is 0 Å². The smallest absolute Gasteiger partial charge is 0.138 e. The zero-order valence-corrected chi connectivity index (χ0v) is 9.86. The van der Waals surface area contributed by atoms with Gasteiger partial charge in [-0.15, -0.1) is 0 Å². The van der Waals surface area contributed by atoms with Crippen molar-refractivity contribution in [3.05, 3.63) is 51.8 Å². The minimum absolute atomic E-state index is 0.239. The maximum absolute atomic E-state index is 13.2. The van der Waals surface area contributed by atoms with E-state index in [0.717, 1.165) is 16.7 Å². The van der Waals surface area contributed by atoms with Crippen LogP contribution in [-0.2, 0) is 0 Å². The summed E-state index contributed by atoms with van der Waals surface area (Å²) in [6.45, 7) is 7.60. The van der Waals surface area contributed by atoms with Crippen LogP contribution in [0, 0.1) is 12.7 Å². The highest BCUT2D eigenvalue weighted by molar-refractivity contribution is 9.10.